The molecule has 7 nitrogen and oxygen atoms in total. The fourth-order valence-electron chi connectivity index (χ4n) is 3.85. The van der Waals surface area contributed by atoms with Crippen LogP contribution in [0.25, 0.3) is 0 Å². The van der Waals surface area contributed by atoms with Crippen molar-refractivity contribution in [3.05, 3.63) is 62.3 Å². The second-order valence-corrected chi connectivity index (χ2v) is 8.32. The Bertz CT molecular complexity index is 813. The van der Waals surface area contributed by atoms with E-state index in [9.17, 15) is 10.1 Å². The van der Waals surface area contributed by atoms with Crippen LogP contribution in [0.4, 0.5) is 5.69 Å². The van der Waals surface area contributed by atoms with Crippen molar-refractivity contribution in [3.63, 3.8) is 0 Å². The van der Waals surface area contributed by atoms with Crippen LogP contribution in [0.2, 0.25) is 0 Å². The molecule has 0 saturated carbocycles. The summed E-state index contributed by atoms with van der Waals surface area (Å²) < 4.78 is 0. The first-order valence-electron chi connectivity index (χ1n) is 10.1. The second kappa shape index (κ2) is 12.2. The molecule has 0 bridgehead atoms. The monoisotopic (exact) mass is 543 g/mol. The third-order valence-corrected chi connectivity index (χ3v) is 6.23. The number of nitrogens with one attached hydrogen (secondary N) is 2. The van der Waals surface area contributed by atoms with Crippen LogP contribution < -0.4 is 10.6 Å². The van der Waals surface area contributed by atoms with E-state index in [0.717, 1.165) is 31.2 Å². The summed E-state index contributed by atoms with van der Waals surface area (Å²) in [6.45, 7) is 5.30. The number of guanidine groups is 1. The van der Waals surface area contributed by atoms with Crippen LogP contribution in [0.1, 0.15) is 36.2 Å². The van der Waals surface area contributed by atoms with Crippen molar-refractivity contribution in [1.82, 2.24) is 15.5 Å². The molecule has 2 aromatic rings. The summed E-state index contributed by atoms with van der Waals surface area (Å²) in [4.78, 5) is 19.0. The molecule has 1 fully saturated rings. The fourth-order valence-corrected chi connectivity index (χ4v) is 4.83. The highest BCUT2D eigenvalue weighted by Crippen LogP contribution is 2.36. The molecule has 2 N–H and O–H groups in total. The molecule has 2 unspecified atom stereocenters. The van der Waals surface area contributed by atoms with Gasteiger partial charge in [0, 0.05) is 36.1 Å². The van der Waals surface area contributed by atoms with Gasteiger partial charge in [0.1, 0.15) is 0 Å². The van der Waals surface area contributed by atoms with Gasteiger partial charge in [-0.2, -0.15) is 0 Å². The first kappa shape index (κ1) is 24.5. The Morgan fingerprint density at radius 2 is 2.07 bits per heavy atom. The van der Waals surface area contributed by atoms with E-state index >= 15 is 0 Å². The largest absolute Gasteiger partial charge is 0.357 e. The van der Waals surface area contributed by atoms with Crippen LogP contribution in [0.3, 0.4) is 0 Å². The molecule has 0 amide bonds. The lowest BCUT2D eigenvalue weighted by molar-refractivity contribution is -0.384. The van der Waals surface area contributed by atoms with E-state index in [1.807, 2.05) is 18.3 Å². The molecular formula is C21H30IN5O2S. The summed E-state index contributed by atoms with van der Waals surface area (Å²) in [6, 6.07) is 11.4. The number of nitrogens with zero attached hydrogens (tertiary/aromatic N) is 3. The van der Waals surface area contributed by atoms with E-state index in [4.69, 9.17) is 0 Å². The minimum Gasteiger partial charge on any atom is -0.357 e. The molecule has 1 saturated heterocycles. The number of thiophene rings is 1. The highest BCUT2D eigenvalue weighted by Gasteiger charge is 2.31. The third kappa shape index (κ3) is 6.64. The second-order valence-electron chi connectivity index (χ2n) is 7.34. The molecule has 2 atom stereocenters. The first-order valence-corrected chi connectivity index (χ1v) is 11.0. The Hall–Kier alpha value is -1.72. The lowest BCUT2D eigenvalue weighted by atomic mass is 9.88. The zero-order valence-corrected chi connectivity index (χ0v) is 20.6. The van der Waals surface area contributed by atoms with Crippen molar-refractivity contribution in [3.8, 4) is 0 Å². The molecule has 3 rings (SSSR count). The molecule has 1 aliphatic heterocycles. The van der Waals surface area contributed by atoms with Gasteiger partial charge in [0.05, 0.1) is 11.5 Å². The highest BCUT2D eigenvalue weighted by atomic mass is 127. The van der Waals surface area contributed by atoms with Crippen molar-refractivity contribution in [2.24, 2.45) is 10.9 Å². The Morgan fingerprint density at radius 3 is 2.70 bits per heavy atom. The molecular weight excluding hydrogens is 513 g/mol. The smallest absolute Gasteiger partial charge is 0.269 e. The summed E-state index contributed by atoms with van der Waals surface area (Å²) in [5.41, 5.74) is 1.05. The van der Waals surface area contributed by atoms with Gasteiger partial charge in [-0.25, -0.2) is 4.99 Å². The molecule has 0 radical (unpaired) electrons. The minimum atomic E-state index is -0.385. The Kier molecular flexibility index (Phi) is 9.99. The van der Waals surface area contributed by atoms with Crippen LogP contribution in [-0.2, 0) is 6.54 Å². The normalized spacial score (nSPS) is 19.7. The molecule has 164 valence electrons. The average molecular weight is 543 g/mol. The molecule has 2 heterocycles. The van der Waals surface area contributed by atoms with Crippen molar-refractivity contribution in [2.75, 3.05) is 26.7 Å². The molecule has 9 heteroatoms. The quantitative estimate of drug-likeness (QED) is 0.178. The van der Waals surface area contributed by atoms with Gasteiger partial charge >= 0.3 is 0 Å². The van der Waals surface area contributed by atoms with Gasteiger partial charge in [0.25, 0.3) is 5.69 Å². The van der Waals surface area contributed by atoms with E-state index in [1.54, 1.807) is 12.1 Å². The van der Waals surface area contributed by atoms with Crippen LogP contribution in [0.15, 0.2) is 46.8 Å². The van der Waals surface area contributed by atoms with Gasteiger partial charge in [-0.3, -0.25) is 15.0 Å². The van der Waals surface area contributed by atoms with Crippen molar-refractivity contribution >= 4 is 47.0 Å². The number of nitro benzene ring substituents is 1. The summed E-state index contributed by atoms with van der Waals surface area (Å²) in [5.74, 6) is 1.31. The lowest BCUT2D eigenvalue weighted by Gasteiger charge is -2.39. The fraction of sp³-hybridized carbons (Fsp3) is 0.476. The number of halogens is 1. The highest BCUT2D eigenvalue weighted by molar-refractivity contribution is 14.0. The van der Waals surface area contributed by atoms with E-state index in [0.29, 0.717) is 18.5 Å². The Labute approximate surface area is 199 Å². The predicted octanol–water partition coefficient (Wildman–Crippen LogP) is 4.41. The maximum absolute atomic E-state index is 10.8. The van der Waals surface area contributed by atoms with Crippen molar-refractivity contribution in [2.45, 2.75) is 32.4 Å². The van der Waals surface area contributed by atoms with Gasteiger partial charge in [-0.05, 0) is 56.3 Å². The van der Waals surface area contributed by atoms with E-state index in [1.165, 1.54) is 29.9 Å². The number of benzene rings is 1. The summed E-state index contributed by atoms with van der Waals surface area (Å²) in [6.07, 6.45) is 2.41. The molecule has 1 aromatic carbocycles. The summed E-state index contributed by atoms with van der Waals surface area (Å²) >= 11 is 1.83. The number of non-ortho nitro benzene ring substituents is 1. The number of piperidine rings is 1. The van der Waals surface area contributed by atoms with Crippen LogP contribution >= 0.6 is 35.3 Å². The maximum Gasteiger partial charge on any atom is 0.269 e. The first-order chi connectivity index (χ1) is 14.1. The Balaban J connectivity index is 0.00000320. The molecule has 1 aromatic heterocycles. The van der Waals surface area contributed by atoms with Gasteiger partial charge in [0.2, 0.25) is 0 Å². The number of likely N-dealkylation sites (tertiary alicyclic amines) is 1. The predicted molar refractivity (Wildman–Crippen MR) is 134 cm³/mol. The number of hydrogen-bond acceptors (Lipinski definition) is 5. The number of hydrogen-bond donors (Lipinski definition) is 2. The molecule has 30 heavy (non-hydrogen) atoms. The van der Waals surface area contributed by atoms with E-state index in [2.05, 4.69) is 45.1 Å². The molecule has 1 aliphatic rings. The standard InChI is InChI=1S/C21H29N5O2S.HI/c1-3-22-21(23-14-16-8-10-18(11-9-16)26(27)28)24-15-17-6-4-12-25(2)20(17)19-7-5-13-29-19;/h5,7-11,13,17,20H,3-4,6,12,14-15H2,1-2H3,(H2,22,23,24);1H. The summed E-state index contributed by atoms with van der Waals surface area (Å²) in [7, 11) is 2.21. The molecule has 0 aliphatic carbocycles. The Morgan fingerprint density at radius 1 is 1.30 bits per heavy atom. The van der Waals surface area contributed by atoms with Crippen LogP contribution in [0, 0.1) is 16.0 Å². The van der Waals surface area contributed by atoms with E-state index < -0.39 is 0 Å². The molecule has 0 spiro atoms. The SMILES string of the molecule is CCNC(=NCc1ccc([N+](=O)[O-])cc1)NCC1CCCN(C)C1c1cccs1.I. The zero-order chi connectivity index (χ0) is 20.6. The topological polar surface area (TPSA) is 82.8 Å². The average Bonchev–Trinajstić information content (AvgIpc) is 3.24. The van der Waals surface area contributed by atoms with Crippen molar-refractivity contribution in [1.29, 1.82) is 0 Å². The van der Waals surface area contributed by atoms with Crippen molar-refractivity contribution < 1.29 is 4.92 Å². The number of rotatable bonds is 7. The van der Waals surface area contributed by atoms with Crippen LogP contribution in [0.5, 0.6) is 0 Å². The minimum absolute atomic E-state index is 0. The third-order valence-electron chi connectivity index (χ3n) is 5.28. The number of nitro groups is 1. The van der Waals surface area contributed by atoms with Crippen LogP contribution in [-0.4, -0.2) is 42.5 Å². The zero-order valence-electron chi connectivity index (χ0n) is 17.4. The lowest BCUT2D eigenvalue weighted by Crippen LogP contribution is -2.44. The number of aliphatic imine (C=N–C) groups is 1. The van der Waals surface area contributed by atoms with Gasteiger partial charge < -0.3 is 10.6 Å². The summed E-state index contributed by atoms with van der Waals surface area (Å²) in [5, 5.41) is 19.8. The van der Waals surface area contributed by atoms with Gasteiger partial charge in [0.15, 0.2) is 5.96 Å². The van der Waals surface area contributed by atoms with Gasteiger partial charge in [-0.15, -0.1) is 35.3 Å². The van der Waals surface area contributed by atoms with E-state index in [-0.39, 0.29) is 34.6 Å². The van der Waals surface area contributed by atoms with Gasteiger partial charge in [-0.1, -0.05) is 18.2 Å². The maximum atomic E-state index is 10.8.